The molecule has 4 rings (SSSR count). The van der Waals surface area contributed by atoms with Gasteiger partial charge in [-0.15, -0.1) is 0 Å². The third kappa shape index (κ3) is 4.58. The molecule has 1 aliphatic rings. The van der Waals surface area contributed by atoms with E-state index in [1.165, 1.54) is 30.3 Å². The maximum atomic E-state index is 13.9. The SMILES string of the molecule is COc1c(F)cc(Cn2cnc(CNc3nc(C)c4c(n3)N(C)[C@@H](C(C)C)C(O)N4)n2)cc1F. The molecule has 3 aromatic rings. The highest BCUT2D eigenvalue weighted by Crippen LogP contribution is 2.35. The van der Waals surface area contributed by atoms with E-state index in [-0.39, 0.29) is 25.0 Å². The Morgan fingerprint density at radius 2 is 1.94 bits per heavy atom. The summed E-state index contributed by atoms with van der Waals surface area (Å²) in [5.74, 6) is -0.191. The highest BCUT2D eigenvalue weighted by atomic mass is 19.1. The topological polar surface area (TPSA) is 113 Å². The number of aromatic nitrogens is 5. The molecule has 0 saturated heterocycles. The van der Waals surface area contributed by atoms with Crippen LogP contribution in [0.5, 0.6) is 5.75 Å². The zero-order valence-electron chi connectivity index (χ0n) is 19.7. The highest BCUT2D eigenvalue weighted by Gasteiger charge is 2.35. The van der Waals surface area contributed by atoms with E-state index in [4.69, 9.17) is 4.74 Å². The van der Waals surface area contributed by atoms with Gasteiger partial charge in [-0.1, -0.05) is 13.8 Å². The molecule has 0 spiro atoms. The van der Waals surface area contributed by atoms with Crippen molar-refractivity contribution in [1.29, 1.82) is 0 Å². The Kier molecular flexibility index (Phi) is 6.51. The molecule has 0 amide bonds. The van der Waals surface area contributed by atoms with Crippen molar-refractivity contribution in [3.05, 3.63) is 47.2 Å². The molecule has 1 aromatic carbocycles. The van der Waals surface area contributed by atoms with Crippen LogP contribution in [0.3, 0.4) is 0 Å². The lowest BCUT2D eigenvalue weighted by atomic mass is 9.98. The van der Waals surface area contributed by atoms with Crippen LogP contribution in [0.15, 0.2) is 18.5 Å². The Morgan fingerprint density at radius 3 is 2.59 bits per heavy atom. The van der Waals surface area contributed by atoms with Crippen molar-refractivity contribution in [3.8, 4) is 5.75 Å². The largest absolute Gasteiger partial charge is 0.491 e. The van der Waals surface area contributed by atoms with Crippen LogP contribution in [0, 0.1) is 24.5 Å². The van der Waals surface area contributed by atoms with Gasteiger partial charge < -0.3 is 25.4 Å². The molecule has 34 heavy (non-hydrogen) atoms. The predicted octanol–water partition coefficient (Wildman–Crippen LogP) is 2.53. The van der Waals surface area contributed by atoms with Crippen LogP contribution in [-0.2, 0) is 13.1 Å². The van der Waals surface area contributed by atoms with Gasteiger partial charge in [-0.3, -0.25) is 0 Å². The molecule has 10 nitrogen and oxygen atoms in total. The van der Waals surface area contributed by atoms with Crippen LogP contribution in [0.4, 0.5) is 26.2 Å². The molecule has 3 N–H and O–H groups in total. The number of methoxy groups -OCH3 is 1. The number of benzene rings is 1. The van der Waals surface area contributed by atoms with Crippen LogP contribution in [-0.4, -0.2) is 56.3 Å². The zero-order chi connectivity index (χ0) is 24.6. The fourth-order valence-electron chi connectivity index (χ4n) is 4.19. The number of aliphatic hydroxyl groups is 1. The van der Waals surface area contributed by atoms with Crippen LogP contribution >= 0.6 is 0 Å². The second-order valence-corrected chi connectivity index (χ2v) is 8.57. The van der Waals surface area contributed by atoms with Crippen LogP contribution in [0.1, 0.15) is 30.9 Å². The van der Waals surface area contributed by atoms with E-state index in [1.807, 2.05) is 32.7 Å². The molecule has 0 bridgehead atoms. The maximum Gasteiger partial charge on any atom is 0.225 e. The number of ether oxygens (including phenoxy) is 1. The number of likely N-dealkylation sites (N-methyl/N-ethyl adjacent to an activating group) is 1. The van der Waals surface area contributed by atoms with Gasteiger partial charge in [-0.05, 0) is 30.5 Å². The highest BCUT2D eigenvalue weighted by molar-refractivity contribution is 5.72. The summed E-state index contributed by atoms with van der Waals surface area (Å²) in [7, 11) is 3.12. The summed E-state index contributed by atoms with van der Waals surface area (Å²) in [6.07, 6.45) is 0.766. The smallest absolute Gasteiger partial charge is 0.225 e. The number of nitrogens with zero attached hydrogens (tertiary/aromatic N) is 6. The molecule has 182 valence electrons. The van der Waals surface area contributed by atoms with Gasteiger partial charge in [0.25, 0.3) is 0 Å². The Balaban J connectivity index is 1.46. The molecule has 2 atom stereocenters. The van der Waals surface area contributed by atoms with E-state index in [0.717, 1.165) is 0 Å². The predicted molar refractivity (Wildman–Crippen MR) is 123 cm³/mol. The minimum Gasteiger partial charge on any atom is -0.491 e. The lowest BCUT2D eigenvalue weighted by molar-refractivity contribution is 0.142. The second-order valence-electron chi connectivity index (χ2n) is 8.57. The molecule has 1 unspecified atom stereocenters. The number of anilines is 3. The van der Waals surface area contributed by atoms with Crippen LogP contribution in [0.25, 0.3) is 0 Å². The molecular weight excluding hydrogens is 446 g/mol. The number of aryl methyl sites for hydroxylation is 1. The van der Waals surface area contributed by atoms with Gasteiger partial charge in [0.05, 0.1) is 31.9 Å². The monoisotopic (exact) mass is 474 g/mol. The minimum absolute atomic E-state index is 0.139. The summed E-state index contributed by atoms with van der Waals surface area (Å²) in [5.41, 5.74) is 1.78. The van der Waals surface area contributed by atoms with Crippen molar-refractivity contribution in [3.63, 3.8) is 0 Å². The number of aliphatic hydroxyl groups excluding tert-OH is 1. The van der Waals surface area contributed by atoms with E-state index in [9.17, 15) is 13.9 Å². The Hall–Kier alpha value is -3.54. The molecule has 0 fully saturated rings. The number of hydrogen-bond donors (Lipinski definition) is 3. The van der Waals surface area contributed by atoms with E-state index in [0.29, 0.717) is 34.5 Å². The van der Waals surface area contributed by atoms with Crippen molar-refractivity contribution in [2.24, 2.45) is 5.92 Å². The quantitative estimate of drug-likeness (QED) is 0.475. The lowest BCUT2D eigenvalue weighted by Gasteiger charge is -2.41. The van der Waals surface area contributed by atoms with Crippen molar-refractivity contribution in [1.82, 2.24) is 24.7 Å². The molecule has 0 saturated carbocycles. The van der Waals surface area contributed by atoms with Crippen molar-refractivity contribution >= 4 is 17.5 Å². The molecular formula is C22H28F2N8O2. The lowest BCUT2D eigenvalue weighted by Crippen LogP contribution is -2.52. The number of halogens is 2. The van der Waals surface area contributed by atoms with Gasteiger partial charge >= 0.3 is 0 Å². The average molecular weight is 475 g/mol. The summed E-state index contributed by atoms with van der Waals surface area (Å²) < 4.78 is 34.1. The fraction of sp³-hybridized carbons (Fsp3) is 0.455. The van der Waals surface area contributed by atoms with Crippen LogP contribution < -0.4 is 20.3 Å². The van der Waals surface area contributed by atoms with Gasteiger partial charge in [0.15, 0.2) is 29.0 Å². The molecule has 2 aromatic heterocycles. The molecule has 0 aliphatic carbocycles. The van der Waals surface area contributed by atoms with E-state index >= 15 is 0 Å². The average Bonchev–Trinajstić information content (AvgIpc) is 3.20. The maximum absolute atomic E-state index is 13.9. The Bertz CT molecular complexity index is 1160. The standard InChI is InChI=1S/C22H28F2N8O2/c1-11(2)18-21(33)28-17-12(3)27-22(29-20(17)31(18)4)25-8-16-26-10-32(30-16)9-13-6-14(23)19(34-5)15(24)7-13/h6-7,10-11,18,21,28,33H,8-9H2,1-5H3,(H,25,27,29)/t18-,21?/m0/s1. The second kappa shape index (κ2) is 9.37. The third-order valence-electron chi connectivity index (χ3n) is 5.75. The van der Waals surface area contributed by atoms with E-state index < -0.39 is 23.6 Å². The number of rotatable bonds is 7. The van der Waals surface area contributed by atoms with E-state index in [1.54, 1.807) is 0 Å². The zero-order valence-corrected chi connectivity index (χ0v) is 19.7. The Morgan fingerprint density at radius 1 is 1.24 bits per heavy atom. The first-order chi connectivity index (χ1) is 16.2. The minimum atomic E-state index is -0.772. The first-order valence-electron chi connectivity index (χ1n) is 10.9. The van der Waals surface area contributed by atoms with Crippen molar-refractivity contribution in [2.45, 2.75) is 46.1 Å². The summed E-state index contributed by atoms with van der Waals surface area (Å²) in [4.78, 5) is 15.3. The van der Waals surface area contributed by atoms with Crippen molar-refractivity contribution in [2.75, 3.05) is 29.7 Å². The van der Waals surface area contributed by atoms with Crippen LogP contribution in [0.2, 0.25) is 0 Å². The number of fused-ring (bicyclic) bond motifs is 1. The first kappa shape index (κ1) is 23.6. The van der Waals surface area contributed by atoms with E-state index in [2.05, 4.69) is 30.7 Å². The van der Waals surface area contributed by atoms with Crippen molar-refractivity contribution < 1.29 is 18.6 Å². The third-order valence-corrected chi connectivity index (χ3v) is 5.75. The first-order valence-corrected chi connectivity index (χ1v) is 10.9. The molecule has 3 heterocycles. The summed E-state index contributed by atoms with van der Waals surface area (Å²) in [5, 5.41) is 21.1. The summed E-state index contributed by atoms with van der Waals surface area (Å²) in [6, 6.07) is 2.27. The number of hydrogen-bond acceptors (Lipinski definition) is 9. The summed E-state index contributed by atoms with van der Waals surface area (Å²) >= 11 is 0. The molecule has 12 heteroatoms. The van der Waals surface area contributed by atoms with Gasteiger partial charge in [-0.2, -0.15) is 10.1 Å². The Labute approximate surface area is 196 Å². The summed E-state index contributed by atoms with van der Waals surface area (Å²) in [6.45, 7) is 6.33. The van der Waals surface area contributed by atoms with Gasteiger partial charge in [-0.25, -0.2) is 23.4 Å². The number of nitrogens with one attached hydrogen (secondary N) is 2. The molecule has 1 aliphatic heterocycles. The fourth-order valence-corrected chi connectivity index (χ4v) is 4.19. The van der Waals surface area contributed by atoms with Gasteiger partial charge in [0.1, 0.15) is 18.2 Å². The van der Waals surface area contributed by atoms with Gasteiger partial charge in [0, 0.05) is 7.05 Å². The normalized spacial score (nSPS) is 17.5. The molecule has 0 radical (unpaired) electrons. The van der Waals surface area contributed by atoms with Gasteiger partial charge in [0.2, 0.25) is 5.95 Å².